The van der Waals surface area contributed by atoms with Crippen molar-refractivity contribution in [2.24, 2.45) is 0 Å². The van der Waals surface area contributed by atoms with Crippen molar-refractivity contribution in [2.45, 2.75) is 32.9 Å². The molecule has 2 aromatic carbocycles. The van der Waals surface area contributed by atoms with Crippen LogP contribution in [0.25, 0.3) is 11.0 Å². The van der Waals surface area contributed by atoms with Crippen LogP contribution in [0, 0.1) is 6.92 Å². The average Bonchev–Trinajstić information content (AvgIpc) is 3.37. The quantitative estimate of drug-likeness (QED) is 0.226. The van der Waals surface area contributed by atoms with E-state index in [0.29, 0.717) is 41.3 Å². The van der Waals surface area contributed by atoms with E-state index in [1.165, 1.54) is 11.0 Å². The lowest BCUT2D eigenvalue weighted by molar-refractivity contribution is 0.0640. The molecule has 34 heavy (non-hydrogen) atoms. The Morgan fingerprint density at radius 3 is 2.50 bits per heavy atom. The van der Waals surface area contributed by atoms with Gasteiger partial charge in [0.25, 0.3) is 11.8 Å². The number of carbonyl (C=O) groups excluding carboxylic acids is 2. The number of ether oxygens (including phenoxy) is 1. The van der Waals surface area contributed by atoms with Gasteiger partial charge in [-0.05, 0) is 49.6 Å². The highest BCUT2D eigenvalue weighted by atomic mass is 16.5. The summed E-state index contributed by atoms with van der Waals surface area (Å²) in [6.45, 7) is 3.09. The van der Waals surface area contributed by atoms with Gasteiger partial charge in [-0.2, -0.15) is 0 Å². The van der Waals surface area contributed by atoms with E-state index in [-0.39, 0.29) is 24.0 Å². The molecule has 0 unspecified atom stereocenters. The molecule has 0 spiro atoms. The summed E-state index contributed by atoms with van der Waals surface area (Å²) in [6.07, 6.45) is 3.33. The zero-order valence-electron chi connectivity index (χ0n) is 18.6. The Labute approximate surface area is 194 Å². The number of nitrogens with zero attached hydrogens (tertiary/aromatic N) is 4. The molecule has 0 saturated heterocycles. The first-order valence-corrected chi connectivity index (χ1v) is 11.0. The van der Waals surface area contributed by atoms with Gasteiger partial charge in [0.2, 0.25) is 0 Å². The maximum absolute atomic E-state index is 12.5. The molecule has 4 aromatic rings. The van der Waals surface area contributed by atoms with Crippen LogP contribution in [0.1, 0.15) is 44.8 Å². The monoisotopic (exact) mass is 458 g/mol. The third-order valence-corrected chi connectivity index (χ3v) is 5.76. The molecule has 0 aliphatic carbocycles. The topological polar surface area (TPSA) is 108 Å². The van der Waals surface area contributed by atoms with Gasteiger partial charge in [-0.3, -0.25) is 19.2 Å². The van der Waals surface area contributed by atoms with Crippen LogP contribution in [0.5, 0.6) is 5.75 Å². The maximum Gasteiger partial charge on any atom is 0.336 e. The number of hydrogen-bond donors (Lipinski definition) is 0. The van der Waals surface area contributed by atoms with Crippen LogP contribution in [0.15, 0.2) is 63.9 Å². The number of hydrogen-bond acceptors (Lipinski definition) is 7. The molecule has 1 aliphatic rings. The number of carbonyl (C=O) groups is 2. The number of imide groups is 1. The number of unbranched alkanes of at least 4 members (excludes halogenated alkanes) is 1. The molecule has 1 aliphatic heterocycles. The predicted octanol–water partition coefficient (Wildman–Crippen LogP) is 3.35. The third-order valence-electron chi connectivity index (χ3n) is 5.76. The van der Waals surface area contributed by atoms with E-state index < -0.39 is 0 Å². The number of aromatic nitrogens is 3. The summed E-state index contributed by atoms with van der Waals surface area (Å²) in [5.74, 6) is 0.0242. The first-order chi connectivity index (χ1) is 16.5. The molecule has 0 N–H and O–H groups in total. The van der Waals surface area contributed by atoms with Gasteiger partial charge >= 0.3 is 5.63 Å². The SMILES string of the molecule is Cc1cc(=O)oc2cc(OCCCCn3cc(CN4C(=O)c5ccccc5C4=O)nn3)ccc12. The summed E-state index contributed by atoms with van der Waals surface area (Å²) in [7, 11) is 0. The van der Waals surface area contributed by atoms with Crippen LogP contribution in [0.4, 0.5) is 0 Å². The molecule has 0 saturated carbocycles. The second-order valence-electron chi connectivity index (χ2n) is 8.18. The second-order valence-corrected chi connectivity index (χ2v) is 8.18. The first kappa shape index (κ1) is 21.6. The fourth-order valence-electron chi connectivity index (χ4n) is 4.03. The number of amides is 2. The molecule has 0 radical (unpaired) electrons. The summed E-state index contributed by atoms with van der Waals surface area (Å²) in [5.41, 5.74) is 2.40. The molecule has 2 aromatic heterocycles. The minimum Gasteiger partial charge on any atom is -0.493 e. The summed E-state index contributed by atoms with van der Waals surface area (Å²) in [4.78, 5) is 37.8. The van der Waals surface area contributed by atoms with Crippen LogP contribution in [0.3, 0.4) is 0 Å². The number of benzene rings is 2. The van der Waals surface area contributed by atoms with Crippen molar-refractivity contribution in [3.8, 4) is 5.75 Å². The lowest BCUT2D eigenvalue weighted by atomic mass is 10.1. The minimum absolute atomic E-state index is 0.0903. The van der Waals surface area contributed by atoms with E-state index >= 15 is 0 Å². The minimum atomic E-state index is -0.377. The van der Waals surface area contributed by atoms with Crippen LogP contribution >= 0.6 is 0 Å². The van der Waals surface area contributed by atoms with E-state index in [2.05, 4.69) is 10.3 Å². The molecular weight excluding hydrogens is 436 g/mol. The van der Waals surface area contributed by atoms with Crippen molar-refractivity contribution in [3.05, 3.63) is 87.5 Å². The van der Waals surface area contributed by atoms with Crippen LogP contribution in [-0.2, 0) is 13.1 Å². The van der Waals surface area contributed by atoms with E-state index in [9.17, 15) is 14.4 Å². The largest absolute Gasteiger partial charge is 0.493 e. The van der Waals surface area contributed by atoms with Gasteiger partial charge in [0.1, 0.15) is 17.0 Å². The van der Waals surface area contributed by atoms with E-state index in [4.69, 9.17) is 9.15 Å². The Morgan fingerprint density at radius 2 is 1.74 bits per heavy atom. The average molecular weight is 458 g/mol. The Kier molecular flexibility index (Phi) is 5.67. The van der Waals surface area contributed by atoms with E-state index in [0.717, 1.165) is 23.8 Å². The molecular formula is C25H22N4O5. The smallest absolute Gasteiger partial charge is 0.336 e. The van der Waals surface area contributed by atoms with Crippen molar-refractivity contribution in [3.63, 3.8) is 0 Å². The standard InChI is InChI=1S/C25H22N4O5/c1-16-12-23(30)34-22-13-18(8-9-19(16)22)33-11-5-4-10-28-14-17(26-27-28)15-29-24(31)20-6-2-3-7-21(20)25(29)32/h2-3,6-9,12-14H,4-5,10-11,15H2,1H3. The summed E-state index contributed by atoms with van der Waals surface area (Å²) in [5, 5.41) is 9.08. The molecule has 3 heterocycles. The lowest BCUT2D eigenvalue weighted by Crippen LogP contribution is -2.29. The highest BCUT2D eigenvalue weighted by Gasteiger charge is 2.35. The Balaban J connectivity index is 1.11. The first-order valence-electron chi connectivity index (χ1n) is 11.0. The van der Waals surface area contributed by atoms with E-state index in [1.807, 2.05) is 19.1 Å². The van der Waals surface area contributed by atoms with Gasteiger partial charge in [-0.1, -0.05) is 17.3 Å². The molecule has 0 atom stereocenters. The lowest BCUT2D eigenvalue weighted by Gasteiger charge is -2.11. The highest BCUT2D eigenvalue weighted by Crippen LogP contribution is 2.24. The number of aryl methyl sites for hydroxylation is 2. The highest BCUT2D eigenvalue weighted by molar-refractivity contribution is 6.21. The van der Waals surface area contributed by atoms with Crippen molar-refractivity contribution in [1.82, 2.24) is 19.9 Å². The summed E-state index contributed by atoms with van der Waals surface area (Å²) in [6, 6.07) is 13.7. The predicted molar refractivity (Wildman–Crippen MR) is 123 cm³/mol. The fourth-order valence-corrected chi connectivity index (χ4v) is 4.03. The number of rotatable bonds is 8. The fraction of sp³-hybridized carbons (Fsp3) is 0.240. The maximum atomic E-state index is 12.5. The number of fused-ring (bicyclic) bond motifs is 2. The molecule has 172 valence electrons. The van der Waals surface area contributed by atoms with Gasteiger partial charge in [0.05, 0.1) is 30.5 Å². The van der Waals surface area contributed by atoms with Gasteiger partial charge in [0, 0.05) is 24.1 Å². The normalized spacial score (nSPS) is 13.0. The van der Waals surface area contributed by atoms with Crippen LogP contribution in [-0.4, -0.2) is 38.3 Å². The summed E-state index contributed by atoms with van der Waals surface area (Å²) >= 11 is 0. The van der Waals surface area contributed by atoms with Gasteiger partial charge in [-0.15, -0.1) is 5.10 Å². The Hall–Kier alpha value is -4.27. The molecule has 0 bridgehead atoms. The third kappa shape index (κ3) is 4.19. The molecule has 9 nitrogen and oxygen atoms in total. The van der Waals surface area contributed by atoms with Crippen molar-refractivity contribution >= 4 is 22.8 Å². The zero-order chi connectivity index (χ0) is 23.7. The van der Waals surface area contributed by atoms with Gasteiger partial charge in [-0.25, -0.2) is 4.79 Å². The van der Waals surface area contributed by atoms with Crippen molar-refractivity contribution in [1.29, 1.82) is 0 Å². The van der Waals surface area contributed by atoms with E-state index in [1.54, 1.807) is 41.2 Å². The molecule has 2 amide bonds. The van der Waals surface area contributed by atoms with Gasteiger partial charge < -0.3 is 9.15 Å². The molecule has 5 rings (SSSR count). The zero-order valence-corrected chi connectivity index (χ0v) is 18.6. The van der Waals surface area contributed by atoms with Crippen LogP contribution in [0.2, 0.25) is 0 Å². The second kappa shape index (κ2) is 8.93. The van der Waals surface area contributed by atoms with Gasteiger partial charge in [0.15, 0.2) is 0 Å². The van der Waals surface area contributed by atoms with Crippen molar-refractivity contribution in [2.75, 3.05) is 6.61 Å². The summed E-state index contributed by atoms with van der Waals surface area (Å²) < 4.78 is 12.7. The van der Waals surface area contributed by atoms with Crippen molar-refractivity contribution < 1.29 is 18.7 Å². The Bertz CT molecular complexity index is 1420. The molecule has 0 fully saturated rings. The Morgan fingerprint density at radius 1 is 0.971 bits per heavy atom. The van der Waals surface area contributed by atoms with Crippen LogP contribution < -0.4 is 10.4 Å². The molecule has 9 heteroatoms.